The van der Waals surface area contributed by atoms with Crippen LogP contribution in [0, 0.1) is 0 Å². The van der Waals surface area contributed by atoms with Gasteiger partial charge in [-0.25, -0.2) is 4.98 Å². The second-order valence-electron chi connectivity index (χ2n) is 5.13. The number of hydrogen-bond acceptors (Lipinski definition) is 3. The van der Waals surface area contributed by atoms with Crippen molar-refractivity contribution < 1.29 is 0 Å². The summed E-state index contributed by atoms with van der Waals surface area (Å²) in [6.07, 6.45) is 7.27. The van der Waals surface area contributed by atoms with Gasteiger partial charge < -0.3 is 5.32 Å². The molecule has 0 radical (unpaired) electrons. The summed E-state index contributed by atoms with van der Waals surface area (Å²) in [5.74, 6) is 1.00. The van der Waals surface area contributed by atoms with E-state index in [-0.39, 0.29) is 0 Å². The molecule has 1 saturated carbocycles. The van der Waals surface area contributed by atoms with Crippen LogP contribution in [0.3, 0.4) is 0 Å². The molecule has 0 unspecified atom stereocenters. The highest BCUT2D eigenvalue weighted by Crippen LogP contribution is 2.28. The summed E-state index contributed by atoms with van der Waals surface area (Å²) in [7, 11) is 0. The molecule has 1 fully saturated rings. The van der Waals surface area contributed by atoms with Crippen molar-refractivity contribution in [1.29, 1.82) is 0 Å². The molecule has 1 heterocycles. The predicted molar refractivity (Wildman–Crippen MR) is 76.7 cm³/mol. The molecule has 3 nitrogen and oxygen atoms in total. The Labute approximate surface area is 111 Å². The molecule has 0 saturated heterocycles. The van der Waals surface area contributed by atoms with Crippen LogP contribution in [0.25, 0.3) is 0 Å². The van der Waals surface area contributed by atoms with Gasteiger partial charge in [0, 0.05) is 25.3 Å². The lowest BCUT2D eigenvalue weighted by atomic mass is 10.2. The molecule has 0 aromatic carbocycles. The first-order valence-corrected chi connectivity index (χ1v) is 7.26. The topological polar surface area (TPSA) is 28.2 Å². The van der Waals surface area contributed by atoms with Crippen molar-refractivity contribution in [3.63, 3.8) is 0 Å². The standard InChI is InChI=1S/C15H25N3/c1-3-5-10-18(14-6-7-14)12-13-8-9-17-15(11-13)16-4-2/h8-9,11,14H,3-7,10,12H2,1-2H3,(H,16,17). The van der Waals surface area contributed by atoms with Crippen LogP contribution in [-0.2, 0) is 6.54 Å². The lowest BCUT2D eigenvalue weighted by molar-refractivity contribution is 0.250. The molecule has 1 aliphatic rings. The van der Waals surface area contributed by atoms with Crippen molar-refractivity contribution in [2.45, 2.75) is 52.1 Å². The van der Waals surface area contributed by atoms with E-state index in [0.29, 0.717) is 0 Å². The average Bonchev–Trinajstić information content (AvgIpc) is 3.19. The summed E-state index contributed by atoms with van der Waals surface area (Å²) in [5.41, 5.74) is 1.38. The first-order chi connectivity index (χ1) is 8.83. The molecule has 0 bridgehead atoms. The van der Waals surface area contributed by atoms with Crippen molar-refractivity contribution >= 4 is 5.82 Å². The Balaban J connectivity index is 1.94. The fraction of sp³-hybridized carbons (Fsp3) is 0.667. The van der Waals surface area contributed by atoms with Gasteiger partial charge in [-0.05, 0) is 50.4 Å². The van der Waals surface area contributed by atoms with E-state index in [2.05, 4.69) is 41.2 Å². The molecule has 3 heteroatoms. The maximum atomic E-state index is 4.33. The molecule has 2 rings (SSSR count). The third-order valence-corrected chi connectivity index (χ3v) is 3.43. The number of anilines is 1. The Morgan fingerprint density at radius 3 is 2.89 bits per heavy atom. The van der Waals surface area contributed by atoms with E-state index in [0.717, 1.165) is 24.9 Å². The molecule has 1 aromatic rings. The Kier molecular flexibility index (Phi) is 5.00. The van der Waals surface area contributed by atoms with Crippen LogP contribution in [0.2, 0.25) is 0 Å². The van der Waals surface area contributed by atoms with Crippen molar-refractivity contribution in [2.75, 3.05) is 18.4 Å². The quantitative estimate of drug-likeness (QED) is 0.764. The minimum Gasteiger partial charge on any atom is -0.370 e. The van der Waals surface area contributed by atoms with Gasteiger partial charge in [-0.15, -0.1) is 0 Å². The maximum absolute atomic E-state index is 4.33. The minimum absolute atomic E-state index is 0.840. The number of rotatable bonds is 8. The molecule has 1 N–H and O–H groups in total. The van der Waals surface area contributed by atoms with Crippen molar-refractivity contribution in [3.8, 4) is 0 Å². The molecular weight excluding hydrogens is 222 g/mol. The van der Waals surface area contributed by atoms with Gasteiger partial charge in [-0.1, -0.05) is 13.3 Å². The summed E-state index contributed by atoms with van der Waals surface area (Å²) >= 11 is 0. The minimum atomic E-state index is 0.840. The fourth-order valence-corrected chi connectivity index (χ4v) is 2.28. The predicted octanol–water partition coefficient (Wildman–Crippen LogP) is 3.28. The third-order valence-electron chi connectivity index (χ3n) is 3.43. The number of nitrogens with zero attached hydrogens (tertiary/aromatic N) is 2. The van der Waals surface area contributed by atoms with E-state index in [1.807, 2.05) is 6.20 Å². The van der Waals surface area contributed by atoms with Gasteiger partial charge in [0.25, 0.3) is 0 Å². The molecule has 0 atom stereocenters. The molecule has 1 aliphatic carbocycles. The van der Waals surface area contributed by atoms with E-state index in [1.165, 1.54) is 37.8 Å². The summed E-state index contributed by atoms with van der Waals surface area (Å²) in [4.78, 5) is 6.96. The largest absolute Gasteiger partial charge is 0.370 e. The number of aromatic nitrogens is 1. The summed E-state index contributed by atoms with van der Waals surface area (Å²) in [6.45, 7) is 7.61. The highest BCUT2D eigenvalue weighted by molar-refractivity contribution is 5.37. The second-order valence-corrected chi connectivity index (χ2v) is 5.13. The van der Waals surface area contributed by atoms with E-state index in [4.69, 9.17) is 0 Å². The zero-order valence-electron chi connectivity index (χ0n) is 11.7. The molecule has 0 spiro atoms. The van der Waals surface area contributed by atoms with Crippen LogP contribution in [0.5, 0.6) is 0 Å². The third kappa shape index (κ3) is 3.98. The molecular formula is C15H25N3. The van der Waals surface area contributed by atoms with Crippen LogP contribution in [0.15, 0.2) is 18.3 Å². The number of hydrogen-bond donors (Lipinski definition) is 1. The van der Waals surface area contributed by atoms with Gasteiger partial charge in [0.2, 0.25) is 0 Å². The van der Waals surface area contributed by atoms with Gasteiger partial charge in [0.15, 0.2) is 0 Å². The van der Waals surface area contributed by atoms with Crippen LogP contribution in [-0.4, -0.2) is 29.0 Å². The van der Waals surface area contributed by atoms with Gasteiger partial charge in [-0.3, -0.25) is 4.90 Å². The van der Waals surface area contributed by atoms with E-state index >= 15 is 0 Å². The van der Waals surface area contributed by atoms with Crippen LogP contribution in [0.4, 0.5) is 5.82 Å². The monoisotopic (exact) mass is 247 g/mol. The van der Waals surface area contributed by atoms with Gasteiger partial charge in [-0.2, -0.15) is 0 Å². The summed E-state index contributed by atoms with van der Waals surface area (Å²) in [5, 5.41) is 3.28. The summed E-state index contributed by atoms with van der Waals surface area (Å²) in [6, 6.07) is 5.17. The molecule has 18 heavy (non-hydrogen) atoms. The maximum Gasteiger partial charge on any atom is 0.126 e. The number of nitrogens with one attached hydrogen (secondary N) is 1. The average molecular weight is 247 g/mol. The summed E-state index contributed by atoms with van der Waals surface area (Å²) < 4.78 is 0. The van der Waals surface area contributed by atoms with E-state index in [1.54, 1.807) is 0 Å². The van der Waals surface area contributed by atoms with Crippen molar-refractivity contribution in [3.05, 3.63) is 23.9 Å². The first kappa shape index (κ1) is 13.3. The zero-order chi connectivity index (χ0) is 12.8. The highest BCUT2D eigenvalue weighted by Gasteiger charge is 2.28. The van der Waals surface area contributed by atoms with Crippen LogP contribution >= 0.6 is 0 Å². The molecule has 100 valence electrons. The normalized spacial score (nSPS) is 15.1. The lowest BCUT2D eigenvalue weighted by Crippen LogP contribution is -2.26. The van der Waals surface area contributed by atoms with Gasteiger partial charge in [0.05, 0.1) is 0 Å². The smallest absolute Gasteiger partial charge is 0.126 e. The number of pyridine rings is 1. The SMILES string of the molecule is CCCCN(Cc1ccnc(NCC)c1)C1CC1. The van der Waals surface area contributed by atoms with Crippen molar-refractivity contribution in [2.24, 2.45) is 0 Å². The Hall–Kier alpha value is -1.09. The molecule has 0 amide bonds. The second kappa shape index (κ2) is 6.74. The van der Waals surface area contributed by atoms with Crippen LogP contribution in [0.1, 0.15) is 45.1 Å². The van der Waals surface area contributed by atoms with Crippen molar-refractivity contribution in [1.82, 2.24) is 9.88 Å². The Morgan fingerprint density at radius 1 is 1.39 bits per heavy atom. The zero-order valence-corrected chi connectivity index (χ0v) is 11.7. The van der Waals surface area contributed by atoms with E-state index < -0.39 is 0 Å². The lowest BCUT2D eigenvalue weighted by Gasteiger charge is -2.22. The molecule has 1 aromatic heterocycles. The van der Waals surface area contributed by atoms with Crippen LogP contribution < -0.4 is 5.32 Å². The Morgan fingerprint density at radius 2 is 2.22 bits per heavy atom. The van der Waals surface area contributed by atoms with Gasteiger partial charge >= 0.3 is 0 Å². The first-order valence-electron chi connectivity index (χ1n) is 7.26. The number of unbranched alkanes of at least 4 members (excludes halogenated alkanes) is 1. The fourth-order valence-electron chi connectivity index (χ4n) is 2.28. The highest BCUT2D eigenvalue weighted by atomic mass is 15.2. The molecule has 0 aliphatic heterocycles. The Bertz CT molecular complexity index is 361. The van der Waals surface area contributed by atoms with Gasteiger partial charge in [0.1, 0.15) is 5.82 Å². The van der Waals surface area contributed by atoms with E-state index in [9.17, 15) is 0 Å².